The second-order valence-corrected chi connectivity index (χ2v) is 5.92. The highest BCUT2D eigenvalue weighted by molar-refractivity contribution is 7.12. The van der Waals surface area contributed by atoms with Crippen molar-refractivity contribution in [2.45, 2.75) is 45.6 Å². The molecule has 0 amide bonds. The molecule has 0 saturated heterocycles. The zero-order chi connectivity index (χ0) is 11.5. The molecule has 0 spiro atoms. The van der Waals surface area contributed by atoms with Gasteiger partial charge < -0.3 is 5.32 Å². The largest absolute Gasteiger partial charge is 0.309 e. The normalized spacial score (nSPS) is 18.3. The maximum Gasteiger partial charge on any atom is 0.0628 e. The summed E-state index contributed by atoms with van der Waals surface area (Å²) in [5.41, 5.74) is 3.02. The summed E-state index contributed by atoms with van der Waals surface area (Å²) in [6, 6.07) is 2.80. The third-order valence-corrected chi connectivity index (χ3v) is 4.67. The highest BCUT2D eigenvalue weighted by atomic mass is 32.1. The molecular formula is C14H21NS. The molecule has 0 fully saturated rings. The molecule has 1 aromatic heterocycles. The zero-order valence-corrected chi connectivity index (χ0v) is 11.3. The van der Waals surface area contributed by atoms with Gasteiger partial charge in [-0.1, -0.05) is 11.6 Å². The van der Waals surface area contributed by atoms with Gasteiger partial charge in [-0.25, -0.2) is 0 Å². The van der Waals surface area contributed by atoms with Crippen LogP contribution in [0.4, 0.5) is 0 Å². The summed E-state index contributed by atoms with van der Waals surface area (Å²) in [5, 5.41) is 3.47. The van der Waals surface area contributed by atoms with Crippen LogP contribution in [0.2, 0.25) is 0 Å². The summed E-state index contributed by atoms with van der Waals surface area (Å²) in [7, 11) is 2.07. The van der Waals surface area contributed by atoms with Crippen LogP contribution >= 0.6 is 11.3 Å². The Bertz CT molecular complexity index is 370. The molecule has 1 atom stereocenters. The number of hydrogen-bond donors (Lipinski definition) is 1. The fraction of sp³-hybridized carbons (Fsp3) is 0.571. The molecule has 0 radical (unpaired) electrons. The molecular weight excluding hydrogens is 214 g/mol. The highest BCUT2D eigenvalue weighted by Crippen LogP contribution is 2.34. The van der Waals surface area contributed by atoms with Gasteiger partial charge in [0.2, 0.25) is 0 Å². The van der Waals surface area contributed by atoms with Gasteiger partial charge in [0, 0.05) is 9.75 Å². The third kappa shape index (κ3) is 2.38. The third-order valence-electron chi connectivity index (χ3n) is 3.46. The van der Waals surface area contributed by atoms with Crippen molar-refractivity contribution in [3.63, 3.8) is 0 Å². The molecule has 1 aliphatic rings. The SMILES string of the molecule is CNC(C1=CCCCC1)c1cc(C)c(C)s1. The Kier molecular flexibility index (Phi) is 3.82. The van der Waals surface area contributed by atoms with E-state index in [1.54, 1.807) is 5.57 Å². The zero-order valence-electron chi connectivity index (χ0n) is 10.5. The van der Waals surface area contributed by atoms with Crippen molar-refractivity contribution in [2.75, 3.05) is 7.05 Å². The Morgan fingerprint density at radius 3 is 2.62 bits per heavy atom. The fourth-order valence-electron chi connectivity index (χ4n) is 2.38. The first kappa shape index (κ1) is 11.9. The van der Waals surface area contributed by atoms with E-state index in [-0.39, 0.29) is 0 Å². The Labute approximate surface area is 103 Å². The van der Waals surface area contributed by atoms with Crippen LogP contribution < -0.4 is 5.32 Å². The minimum Gasteiger partial charge on any atom is -0.309 e. The number of hydrogen-bond acceptors (Lipinski definition) is 2. The van der Waals surface area contributed by atoms with Gasteiger partial charge >= 0.3 is 0 Å². The van der Waals surface area contributed by atoms with Crippen LogP contribution in [0.1, 0.15) is 47.0 Å². The number of likely N-dealkylation sites (N-methyl/N-ethyl adjacent to an activating group) is 1. The van der Waals surface area contributed by atoms with Crippen molar-refractivity contribution in [1.29, 1.82) is 0 Å². The molecule has 1 N–H and O–H groups in total. The van der Waals surface area contributed by atoms with E-state index in [0.717, 1.165) is 0 Å². The van der Waals surface area contributed by atoms with E-state index in [2.05, 4.69) is 38.4 Å². The van der Waals surface area contributed by atoms with Crippen molar-refractivity contribution in [3.05, 3.63) is 33.0 Å². The highest BCUT2D eigenvalue weighted by Gasteiger charge is 2.18. The summed E-state index contributed by atoms with van der Waals surface area (Å²) < 4.78 is 0. The van der Waals surface area contributed by atoms with Gasteiger partial charge in [0.25, 0.3) is 0 Å². The Hall–Kier alpha value is -0.600. The van der Waals surface area contributed by atoms with Crippen molar-refractivity contribution in [3.8, 4) is 0 Å². The lowest BCUT2D eigenvalue weighted by molar-refractivity contribution is 0.599. The van der Waals surface area contributed by atoms with Gasteiger partial charge in [-0.05, 0) is 58.2 Å². The standard InChI is InChI=1S/C14H21NS/c1-10-9-13(16-11(10)2)14(15-3)12-7-5-4-6-8-12/h7,9,14-15H,4-6,8H2,1-3H3. The molecule has 2 heteroatoms. The van der Waals surface area contributed by atoms with Crippen molar-refractivity contribution >= 4 is 11.3 Å². The molecule has 1 aliphatic carbocycles. The second-order valence-electron chi connectivity index (χ2n) is 4.63. The monoisotopic (exact) mass is 235 g/mol. The molecule has 16 heavy (non-hydrogen) atoms. The molecule has 1 heterocycles. The summed E-state index contributed by atoms with van der Waals surface area (Å²) in [5.74, 6) is 0. The molecule has 1 nitrogen and oxygen atoms in total. The van der Waals surface area contributed by atoms with E-state index in [1.165, 1.54) is 41.0 Å². The number of nitrogens with one attached hydrogen (secondary N) is 1. The quantitative estimate of drug-likeness (QED) is 0.777. The summed E-state index contributed by atoms with van der Waals surface area (Å²) >= 11 is 1.94. The molecule has 0 bridgehead atoms. The first-order valence-electron chi connectivity index (χ1n) is 6.15. The predicted octanol–water partition coefficient (Wildman–Crippen LogP) is 4.13. The molecule has 0 saturated carbocycles. The number of allylic oxidation sites excluding steroid dienone is 1. The average molecular weight is 235 g/mol. The second kappa shape index (κ2) is 5.15. The number of rotatable bonds is 3. The van der Waals surface area contributed by atoms with E-state index < -0.39 is 0 Å². The van der Waals surface area contributed by atoms with Crippen LogP contribution in [0, 0.1) is 13.8 Å². The maximum absolute atomic E-state index is 3.47. The molecule has 1 aromatic rings. The van der Waals surface area contributed by atoms with Crippen molar-refractivity contribution in [1.82, 2.24) is 5.32 Å². The van der Waals surface area contributed by atoms with E-state index in [9.17, 15) is 0 Å². The molecule has 0 aliphatic heterocycles. The number of thiophene rings is 1. The minimum atomic E-state index is 0.456. The van der Waals surface area contributed by atoms with E-state index >= 15 is 0 Å². The van der Waals surface area contributed by atoms with Gasteiger partial charge in [-0.15, -0.1) is 11.3 Å². The Morgan fingerprint density at radius 1 is 1.31 bits per heavy atom. The summed E-state index contributed by atoms with van der Waals surface area (Å²) in [6.07, 6.45) is 7.68. The van der Waals surface area contributed by atoms with Gasteiger partial charge in [0.05, 0.1) is 6.04 Å². The van der Waals surface area contributed by atoms with E-state index in [1.807, 2.05) is 11.3 Å². The van der Waals surface area contributed by atoms with Crippen LogP contribution in [0.3, 0.4) is 0 Å². The van der Waals surface area contributed by atoms with Gasteiger partial charge in [-0.3, -0.25) is 0 Å². The van der Waals surface area contributed by atoms with Crippen LogP contribution in [-0.2, 0) is 0 Å². The van der Waals surface area contributed by atoms with Gasteiger partial charge in [-0.2, -0.15) is 0 Å². The van der Waals surface area contributed by atoms with Crippen LogP contribution in [0.15, 0.2) is 17.7 Å². The minimum absolute atomic E-state index is 0.456. The molecule has 88 valence electrons. The first-order valence-corrected chi connectivity index (χ1v) is 6.97. The van der Waals surface area contributed by atoms with E-state index in [4.69, 9.17) is 0 Å². The lowest BCUT2D eigenvalue weighted by Crippen LogP contribution is -2.18. The lowest BCUT2D eigenvalue weighted by atomic mass is 9.93. The van der Waals surface area contributed by atoms with E-state index in [0.29, 0.717) is 6.04 Å². The van der Waals surface area contributed by atoms with Gasteiger partial charge in [0.15, 0.2) is 0 Å². The molecule has 0 aromatic carbocycles. The van der Waals surface area contributed by atoms with Crippen LogP contribution in [-0.4, -0.2) is 7.05 Å². The van der Waals surface area contributed by atoms with Gasteiger partial charge in [0.1, 0.15) is 0 Å². The topological polar surface area (TPSA) is 12.0 Å². The maximum atomic E-state index is 3.47. The summed E-state index contributed by atoms with van der Waals surface area (Å²) in [6.45, 7) is 4.42. The Balaban J connectivity index is 2.24. The predicted molar refractivity (Wildman–Crippen MR) is 72.1 cm³/mol. The van der Waals surface area contributed by atoms with Crippen LogP contribution in [0.5, 0.6) is 0 Å². The Morgan fingerprint density at radius 2 is 2.12 bits per heavy atom. The molecule has 1 unspecified atom stereocenters. The first-order chi connectivity index (χ1) is 7.72. The lowest BCUT2D eigenvalue weighted by Gasteiger charge is -2.21. The molecule has 2 rings (SSSR count). The number of aryl methyl sites for hydroxylation is 2. The fourth-order valence-corrected chi connectivity index (χ4v) is 3.58. The summed E-state index contributed by atoms with van der Waals surface area (Å²) in [4.78, 5) is 2.93. The smallest absolute Gasteiger partial charge is 0.0628 e. The average Bonchev–Trinajstić information content (AvgIpc) is 2.61. The van der Waals surface area contributed by atoms with Crippen molar-refractivity contribution in [2.24, 2.45) is 0 Å². The van der Waals surface area contributed by atoms with Crippen LogP contribution in [0.25, 0.3) is 0 Å². The van der Waals surface area contributed by atoms with Crippen molar-refractivity contribution < 1.29 is 0 Å².